The number of hydrogen-bond acceptors (Lipinski definition) is 4. The number of Topliss-reactive ketones (excluding diaryl/α,β-unsaturated/α-hetero) is 2. The lowest BCUT2D eigenvalue weighted by atomic mass is 10.1. The first-order valence-corrected chi connectivity index (χ1v) is 7.38. The Hall–Kier alpha value is -2.30. The van der Waals surface area contributed by atoms with Gasteiger partial charge in [0.05, 0.1) is 24.7 Å². The Balaban J connectivity index is 2.28. The van der Waals surface area contributed by atoms with Gasteiger partial charge in [-0.05, 0) is 38.8 Å². The van der Waals surface area contributed by atoms with Gasteiger partial charge in [0, 0.05) is 6.42 Å². The minimum atomic E-state index is -1.75. The van der Waals surface area contributed by atoms with Crippen LogP contribution in [0.25, 0.3) is 10.9 Å². The minimum Gasteiger partial charge on any atom is -0.299 e. The van der Waals surface area contributed by atoms with Gasteiger partial charge in [-0.2, -0.15) is 0 Å². The van der Waals surface area contributed by atoms with E-state index in [0.29, 0.717) is 23.1 Å². The molecular weight excluding hydrogens is 280 g/mol. The maximum absolute atomic E-state index is 12.9. The van der Waals surface area contributed by atoms with Gasteiger partial charge >= 0.3 is 0 Å². The predicted molar refractivity (Wildman–Crippen MR) is 83.0 cm³/mol. The topological polar surface area (TPSA) is 69.0 Å². The summed E-state index contributed by atoms with van der Waals surface area (Å²) in [5.41, 5.74) is 1.07. The Morgan fingerprint density at radius 1 is 1.27 bits per heavy atom. The average Bonchev–Trinajstić information content (AvgIpc) is 2.59. The molecule has 3 rings (SSSR count). The second kappa shape index (κ2) is 5.48. The maximum atomic E-state index is 12.9. The number of rotatable bonds is 1. The third kappa shape index (κ3) is 2.47. The first-order valence-electron chi connectivity index (χ1n) is 7.88. The molecule has 1 fully saturated rings. The molecule has 0 aliphatic heterocycles. The Morgan fingerprint density at radius 2 is 2.05 bits per heavy atom. The van der Waals surface area contributed by atoms with Gasteiger partial charge in [0.2, 0.25) is 0 Å². The number of hydrogen-bond donors (Lipinski definition) is 0. The van der Waals surface area contributed by atoms with Gasteiger partial charge in [-0.15, -0.1) is 0 Å². The number of carbonyl (C=O) groups excluding carboxylic acids is 2. The number of fused-ring (bicyclic) bond motifs is 1. The number of benzene rings is 1. The molecular formula is C17H18N2O3. The highest BCUT2D eigenvalue weighted by molar-refractivity contribution is 6.01. The van der Waals surface area contributed by atoms with Crippen molar-refractivity contribution in [3.8, 4) is 0 Å². The van der Waals surface area contributed by atoms with Crippen LogP contribution in [0, 0.1) is 13.8 Å². The van der Waals surface area contributed by atoms with Crippen molar-refractivity contribution >= 4 is 22.5 Å². The molecule has 1 aromatic heterocycles. The quantitative estimate of drug-likeness (QED) is 0.598. The summed E-state index contributed by atoms with van der Waals surface area (Å²) in [6, 6.07) is 3.59. The number of nitrogens with zero attached hydrogens (tertiary/aromatic N) is 2. The Kier molecular flexibility index (Phi) is 3.33. The standard InChI is InChI=1S/C17H18N2O3/c1-10-6-7-14-13(8-10)17(22)19(11(2)18-14)15-5-3-4-12(20)9-16(15)21/h6-8,15H,3-5,9H2,1-2H3/i15D. The summed E-state index contributed by atoms with van der Waals surface area (Å²) in [6.45, 7) is 3.49. The van der Waals surface area contributed by atoms with E-state index in [0.717, 1.165) is 10.1 Å². The van der Waals surface area contributed by atoms with Crippen LogP contribution in [0.1, 0.15) is 44.5 Å². The zero-order valence-corrected chi connectivity index (χ0v) is 12.7. The molecule has 1 heterocycles. The molecule has 1 aliphatic carbocycles. The number of carbonyl (C=O) groups is 2. The molecule has 5 heteroatoms. The summed E-state index contributed by atoms with van der Waals surface area (Å²) >= 11 is 0. The van der Waals surface area contributed by atoms with Crippen LogP contribution in [0.3, 0.4) is 0 Å². The van der Waals surface area contributed by atoms with E-state index in [1.54, 1.807) is 19.1 Å². The fraction of sp³-hybridized carbons (Fsp3) is 0.412. The Bertz CT molecular complexity index is 887. The van der Waals surface area contributed by atoms with Gasteiger partial charge in [-0.1, -0.05) is 11.6 Å². The molecule has 0 N–H and O–H groups in total. The van der Waals surface area contributed by atoms with Crippen LogP contribution in [-0.4, -0.2) is 21.1 Å². The van der Waals surface area contributed by atoms with Gasteiger partial charge in [-0.3, -0.25) is 19.0 Å². The van der Waals surface area contributed by atoms with E-state index >= 15 is 0 Å². The van der Waals surface area contributed by atoms with Crippen molar-refractivity contribution in [1.82, 2.24) is 9.55 Å². The summed E-state index contributed by atoms with van der Waals surface area (Å²) in [5.74, 6) is -0.373. The molecule has 0 saturated heterocycles. The zero-order chi connectivity index (χ0) is 16.8. The summed E-state index contributed by atoms with van der Waals surface area (Å²) in [5, 5.41) is 0.394. The SMILES string of the molecule is [2H]C1(n2c(C)nc3ccc(C)cc3c2=O)CCCC(=O)CC1=O. The molecule has 114 valence electrons. The molecule has 0 spiro atoms. The lowest BCUT2D eigenvalue weighted by molar-refractivity contribution is -0.127. The average molecular weight is 299 g/mol. The number of aryl methyl sites for hydroxylation is 2. The van der Waals surface area contributed by atoms with Crippen LogP contribution in [0.4, 0.5) is 0 Å². The van der Waals surface area contributed by atoms with Gasteiger partial charge < -0.3 is 0 Å². The summed E-state index contributed by atoms with van der Waals surface area (Å²) in [7, 11) is 0. The smallest absolute Gasteiger partial charge is 0.262 e. The molecule has 2 aromatic rings. The van der Waals surface area contributed by atoms with Crippen LogP contribution in [0.5, 0.6) is 0 Å². The van der Waals surface area contributed by atoms with E-state index in [-0.39, 0.29) is 25.0 Å². The first kappa shape index (κ1) is 13.4. The highest BCUT2D eigenvalue weighted by Crippen LogP contribution is 2.23. The van der Waals surface area contributed by atoms with Crippen molar-refractivity contribution in [1.29, 1.82) is 0 Å². The third-order valence-electron chi connectivity index (χ3n) is 4.01. The van der Waals surface area contributed by atoms with Crippen molar-refractivity contribution in [2.24, 2.45) is 0 Å². The minimum absolute atomic E-state index is 0.150. The first-order chi connectivity index (χ1) is 10.8. The fourth-order valence-electron chi connectivity index (χ4n) is 2.93. The van der Waals surface area contributed by atoms with E-state index in [1.807, 2.05) is 13.0 Å². The van der Waals surface area contributed by atoms with Gasteiger partial charge in [0.25, 0.3) is 5.56 Å². The molecule has 1 aliphatic rings. The van der Waals surface area contributed by atoms with Crippen molar-refractivity contribution in [2.45, 2.75) is 45.5 Å². The normalized spacial score (nSPS) is 23.5. The summed E-state index contributed by atoms with van der Waals surface area (Å²) < 4.78 is 9.79. The molecule has 1 aromatic carbocycles. The van der Waals surface area contributed by atoms with E-state index in [9.17, 15) is 14.4 Å². The van der Waals surface area contributed by atoms with E-state index in [4.69, 9.17) is 1.37 Å². The third-order valence-corrected chi connectivity index (χ3v) is 4.01. The Labute approximate surface area is 129 Å². The monoisotopic (exact) mass is 299 g/mol. The number of ketones is 2. The molecule has 1 atom stereocenters. The van der Waals surface area contributed by atoms with Crippen molar-refractivity contribution in [3.63, 3.8) is 0 Å². The van der Waals surface area contributed by atoms with E-state index < -0.39 is 17.4 Å². The number of aromatic nitrogens is 2. The fourth-order valence-corrected chi connectivity index (χ4v) is 2.93. The van der Waals surface area contributed by atoms with Crippen molar-refractivity contribution in [2.75, 3.05) is 0 Å². The lowest BCUT2D eigenvalue weighted by Crippen LogP contribution is -2.32. The second-order valence-corrected chi connectivity index (χ2v) is 5.76. The van der Waals surface area contributed by atoms with Gasteiger partial charge in [-0.25, -0.2) is 4.98 Å². The molecule has 22 heavy (non-hydrogen) atoms. The van der Waals surface area contributed by atoms with Gasteiger partial charge in [0.1, 0.15) is 11.6 Å². The van der Waals surface area contributed by atoms with E-state index in [2.05, 4.69) is 4.98 Å². The molecule has 0 radical (unpaired) electrons. The second-order valence-electron chi connectivity index (χ2n) is 5.76. The molecule has 0 bridgehead atoms. The van der Waals surface area contributed by atoms with Crippen LogP contribution >= 0.6 is 0 Å². The molecule has 5 nitrogen and oxygen atoms in total. The van der Waals surface area contributed by atoms with Crippen LogP contribution in [-0.2, 0) is 9.59 Å². The summed E-state index contributed by atoms with van der Waals surface area (Å²) in [4.78, 5) is 41.4. The highest BCUT2D eigenvalue weighted by Gasteiger charge is 2.28. The molecule has 1 unspecified atom stereocenters. The zero-order valence-electron chi connectivity index (χ0n) is 13.7. The van der Waals surface area contributed by atoms with E-state index in [1.165, 1.54) is 0 Å². The highest BCUT2D eigenvalue weighted by atomic mass is 16.2. The summed E-state index contributed by atoms with van der Waals surface area (Å²) in [6.07, 6.45) is 0.560. The van der Waals surface area contributed by atoms with Crippen LogP contribution < -0.4 is 5.56 Å². The Morgan fingerprint density at radius 3 is 2.82 bits per heavy atom. The predicted octanol–water partition coefficient (Wildman–Crippen LogP) is 2.27. The largest absolute Gasteiger partial charge is 0.299 e. The molecule has 1 saturated carbocycles. The van der Waals surface area contributed by atoms with Crippen LogP contribution in [0.15, 0.2) is 23.0 Å². The van der Waals surface area contributed by atoms with Crippen LogP contribution in [0.2, 0.25) is 0 Å². The van der Waals surface area contributed by atoms with Crippen molar-refractivity contribution < 1.29 is 11.0 Å². The van der Waals surface area contributed by atoms with Crippen molar-refractivity contribution in [3.05, 3.63) is 39.9 Å². The molecule has 0 amide bonds. The van der Waals surface area contributed by atoms with Gasteiger partial charge in [0.15, 0.2) is 5.78 Å². The maximum Gasteiger partial charge on any atom is 0.262 e. The lowest BCUT2D eigenvalue weighted by Gasteiger charge is -2.19.